The molecule has 0 amide bonds. The molecule has 2 saturated heterocycles. The molecule has 0 bridgehead atoms. The van der Waals surface area contributed by atoms with Crippen LogP contribution >= 0.6 is 0 Å². The molecule has 10 atom stereocenters. The molecule has 0 radical (unpaired) electrons. The first-order chi connectivity index (χ1) is 14.6. The van der Waals surface area contributed by atoms with Crippen molar-refractivity contribution in [1.29, 1.82) is 0 Å². The zero-order valence-electron chi connectivity index (χ0n) is 20.9. The van der Waals surface area contributed by atoms with Crippen LogP contribution in [0.4, 0.5) is 0 Å². The van der Waals surface area contributed by atoms with E-state index in [1.807, 2.05) is 27.7 Å². The van der Waals surface area contributed by atoms with E-state index in [2.05, 4.69) is 25.8 Å². The van der Waals surface area contributed by atoms with Gasteiger partial charge in [0.05, 0.1) is 43.7 Å². The van der Waals surface area contributed by atoms with Crippen molar-refractivity contribution in [2.75, 3.05) is 13.2 Å². The zero-order chi connectivity index (χ0) is 24.6. The van der Waals surface area contributed by atoms with Gasteiger partial charge in [0.1, 0.15) is 6.04 Å². The third kappa shape index (κ3) is 5.90. The first-order valence-corrected chi connectivity index (χ1v) is 11.7. The molecular weight excluding hydrogens is 414 g/mol. The van der Waals surface area contributed by atoms with Gasteiger partial charge in [0.25, 0.3) is 0 Å². The van der Waals surface area contributed by atoms with Gasteiger partial charge in [0.15, 0.2) is 6.29 Å². The van der Waals surface area contributed by atoms with Gasteiger partial charge in [-0.2, -0.15) is 0 Å². The predicted molar refractivity (Wildman–Crippen MR) is 122 cm³/mol. The largest absolute Gasteiger partial charge is 0.394 e. The summed E-state index contributed by atoms with van der Waals surface area (Å²) in [5.41, 5.74) is 0.760. The Labute approximate surface area is 192 Å². The van der Waals surface area contributed by atoms with E-state index in [1.165, 1.54) is 0 Å². The lowest BCUT2D eigenvalue weighted by Gasteiger charge is -2.47. The van der Waals surface area contributed by atoms with Gasteiger partial charge in [0.2, 0.25) is 0 Å². The van der Waals surface area contributed by atoms with E-state index in [9.17, 15) is 25.5 Å². The topological polar surface area (TPSA) is 132 Å². The summed E-state index contributed by atoms with van der Waals surface area (Å²) < 4.78 is 11.2. The van der Waals surface area contributed by atoms with Crippen molar-refractivity contribution in [2.24, 2.45) is 33.6 Å². The monoisotopic (exact) mass is 459 g/mol. The molecule has 0 aliphatic carbocycles. The highest BCUT2D eigenvalue weighted by Gasteiger charge is 2.51. The summed E-state index contributed by atoms with van der Waals surface area (Å²) >= 11 is 0. The minimum Gasteiger partial charge on any atom is -0.394 e. The van der Waals surface area contributed by atoms with Crippen LogP contribution in [0, 0.1) is 28.6 Å². The SMILES string of the molecule is CC1=NC2[C@@H](O)[C@H](C(C)(C)C)C(CO)O[C@@H]2C1.CC1C(O)OC(CO)[C@@H](C(C)(C)C)[C@@H]1O. The minimum absolute atomic E-state index is 0.0404. The maximum Gasteiger partial charge on any atom is 0.160 e. The Hall–Kier alpha value is -0.610. The molecule has 0 aromatic carbocycles. The number of fused-ring (bicyclic) bond motifs is 1. The number of ether oxygens (including phenoxy) is 2. The van der Waals surface area contributed by atoms with Crippen LogP contribution in [0.15, 0.2) is 4.99 Å². The van der Waals surface area contributed by atoms with Crippen molar-refractivity contribution < 1.29 is 35.0 Å². The van der Waals surface area contributed by atoms with Gasteiger partial charge in [0, 0.05) is 29.9 Å². The molecule has 3 aliphatic rings. The summed E-state index contributed by atoms with van der Waals surface area (Å²) in [5.74, 6) is -0.568. The highest BCUT2D eigenvalue weighted by molar-refractivity contribution is 5.84. The Morgan fingerprint density at radius 3 is 1.78 bits per heavy atom. The fraction of sp³-hybridized carbons (Fsp3) is 0.958. The Morgan fingerprint density at radius 1 is 0.844 bits per heavy atom. The van der Waals surface area contributed by atoms with E-state index in [1.54, 1.807) is 6.92 Å². The number of rotatable bonds is 2. The quantitative estimate of drug-likeness (QED) is 0.421. The van der Waals surface area contributed by atoms with E-state index in [0.717, 1.165) is 12.1 Å². The highest BCUT2D eigenvalue weighted by Crippen LogP contribution is 2.42. The van der Waals surface area contributed by atoms with Crippen molar-refractivity contribution in [3.63, 3.8) is 0 Å². The summed E-state index contributed by atoms with van der Waals surface area (Å²) in [4.78, 5) is 4.48. The first-order valence-electron chi connectivity index (χ1n) is 11.7. The van der Waals surface area contributed by atoms with Crippen molar-refractivity contribution in [3.05, 3.63) is 0 Å². The van der Waals surface area contributed by atoms with E-state index in [0.29, 0.717) is 0 Å². The molecule has 8 nitrogen and oxygen atoms in total. The van der Waals surface area contributed by atoms with E-state index >= 15 is 0 Å². The average Bonchev–Trinajstić information content (AvgIpc) is 3.04. The molecule has 3 rings (SSSR count). The maximum absolute atomic E-state index is 10.5. The van der Waals surface area contributed by atoms with Gasteiger partial charge in [-0.05, 0) is 17.8 Å². The summed E-state index contributed by atoms with van der Waals surface area (Å²) in [6.07, 6.45) is -2.22. The third-order valence-electron chi connectivity index (χ3n) is 7.15. The summed E-state index contributed by atoms with van der Waals surface area (Å²) in [6.45, 7) is 15.7. The number of aliphatic imine (C=N–C) groups is 1. The zero-order valence-corrected chi connectivity index (χ0v) is 20.9. The minimum atomic E-state index is -0.990. The van der Waals surface area contributed by atoms with Crippen LogP contribution in [-0.4, -0.2) is 87.3 Å². The van der Waals surface area contributed by atoms with Crippen LogP contribution in [-0.2, 0) is 9.47 Å². The molecule has 5 unspecified atom stereocenters. The van der Waals surface area contributed by atoms with Crippen molar-refractivity contribution in [3.8, 4) is 0 Å². The lowest BCUT2D eigenvalue weighted by atomic mass is 9.69. The van der Waals surface area contributed by atoms with Crippen LogP contribution in [0.5, 0.6) is 0 Å². The normalized spacial score (nSPS) is 42.6. The lowest BCUT2D eigenvalue weighted by Crippen LogP contribution is -2.57. The molecule has 3 aliphatic heterocycles. The summed E-state index contributed by atoms with van der Waals surface area (Å²) in [6, 6.07) is -0.151. The predicted octanol–water partition coefficient (Wildman–Crippen LogP) is 1.36. The van der Waals surface area contributed by atoms with E-state index < -0.39 is 24.6 Å². The Bertz CT molecular complexity index is 639. The molecule has 5 N–H and O–H groups in total. The smallest absolute Gasteiger partial charge is 0.160 e. The average molecular weight is 460 g/mol. The molecule has 0 saturated carbocycles. The number of aliphatic hydroxyl groups excluding tert-OH is 5. The van der Waals surface area contributed by atoms with E-state index in [4.69, 9.17) is 9.47 Å². The number of hydrogen-bond donors (Lipinski definition) is 5. The molecule has 0 aromatic heterocycles. The van der Waals surface area contributed by atoms with Crippen molar-refractivity contribution >= 4 is 5.71 Å². The van der Waals surface area contributed by atoms with Gasteiger partial charge >= 0.3 is 0 Å². The number of hydrogen-bond acceptors (Lipinski definition) is 8. The maximum atomic E-state index is 10.5. The molecule has 188 valence electrons. The summed E-state index contributed by atoms with van der Waals surface area (Å²) in [5, 5.41) is 48.8. The Morgan fingerprint density at radius 2 is 1.31 bits per heavy atom. The van der Waals surface area contributed by atoms with Gasteiger partial charge in [-0.3, -0.25) is 4.99 Å². The van der Waals surface area contributed by atoms with Gasteiger partial charge in [-0.1, -0.05) is 48.5 Å². The van der Waals surface area contributed by atoms with Crippen LogP contribution < -0.4 is 0 Å². The van der Waals surface area contributed by atoms with Crippen LogP contribution in [0.25, 0.3) is 0 Å². The second-order valence-electron chi connectivity index (χ2n) is 11.8. The van der Waals surface area contributed by atoms with Gasteiger partial charge in [-0.25, -0.2) is 0 Å². The number of nitrogens with zero attached hydrogens (tertiary/aromatic N) is 1. The molecular formula is C24H45NO7. The standard InChI is InChI=1S/C13H23NO3.C11H22O4/c1-7-5-8-11(14-7)12(16)10(13(2,3)4)9(6-15)17-8;1-6-9(13)8(11(2,3)4)7(5-12)15-10(6)14/h8-12,15-16H,5-6H2,1-4H3;6-10,12-14H,5H2,1-4H3/t8-,9?,10-,11?,12+;6?,7?,8-,9-,10?/m11/s1. The molecule has 0 aromatic rings. The van der Waals surface area contributed by atoms with E-state index in [-0.39, 0.29) is 60.0 Å². The molecule has 3 heterocycles. The van der Waals surface area contributed by atoms with Gasteiger partial charge in [-0.15, -0.1) is 0 Å². The van der Waals surface area contributed by atoms with Gasteiger partial charge < -0.3 is 35.0 Å². The fourth-order valence-corrected chi connectivity index (χ4v) is 5.53. The number of aliphatic hydroxyl groups is 5. The van der Waals surface area contributed by atoms with Crippen LogP contribution in [0.1, 0.15) is 61.8 Å². The fourth-order valence-electron chi connectivity index (χ4n) is 5.53. The van der Waals surface area contributed by atoms with Crippen molar-refractivity contribution in [2.45, 2.75) is 105 Å². The summed E-state index contributed by atoms with van der Waals surface area (Å²) in [7, 11) is 0. The molecule has 8 heteroatoms. The van der Waals surface area contributed by atoms with Crippen LogP contribution in [0.3, 0.4) is 0 Å². The Balaban J connectivity index is 0.000000229. The Kier molecular flexibility index (Phi) is 8.93. The highest BCUT2D eigenvalue weighted by atomic mass is 16.6. The molecule has 32 heavy (non-hydrogen) atoms. The third-order valence-corrected chi connectivity index (χ3v) is 7.15. The second-order valence-corrected chi connectivity index (χ2v) is 11.8. The van der Waals surface area contributed by atoms with Crippen molar-refractivity contribution in [1.82, 2.24) is 0 Å². The molecule has 2 fully saturated rings. The molecule has 0 spiro atoms. The first kappa shape index (κ1) is 27.6. The van der Waals surface area contributed by atoms with Crippen LogP contribution in [0.2, 0.25) is 0 Å². The lowest BCUT2D eigenvalue weighted by molar-refractivity contribution is -0.265. The second kappa shape index (κ2) is 10.3.